The Labute approximate surface area is 169 Å². The van der Waals surface area contributed by atoms with Gasteiger partial charge in [-0.1, -0.05) is 28.1 Å². The lowest BCUT2D eigenvalue weighted by Gasteiger charge is -2.27. The van der Waals surface area contributed by atoms with E-state index in [-0.39, 0.29) is 12.4 Å². The van der Waals surface area contributed by atoms with Gasteiger partial charge in [-0.25, -0.2) is 14.2 Å². The van der Waals surface area contributed by atoms with Crippen LogP contribution in [0.5, 0.6) is 0 Å². The zero-order chi connectivity index (χ0) is 19.6. The summed E-state index contributed by atoms with van der Waals surface area (Å²) in [4.78, 5) is 21.9. The second-order valence-corrected chi connectivity index (χ2v) is 7.42. The third-order valence-electron chi connectivity index (χ3n) is 4.18. The fraction of sp³-hybridized carbons (Fsp3) is 0.316. The number of aryl methyl sites for hydroxylation is 1. The van der Waals surface area contributed by atoms with E-state index in [9.17, 15) is 9.18 Å². The maximum absolute atomic E-state index is 14.2. The summed E-state index contributed by atoms with van der Waals surface area (Å²) in [6.07, 6.45) is 0. The number of halogens is 2. The molecular weight excluding hydrogens is 433 g/mol. The van der Waals surface area contributed by atoms with E-state index in [2.05, 4.69) is 26.2 Å². The van der Waals surface area contributed by atoms with E-state index < -0.39 is 12.0 Å². The van der Waals surface area contributed by atoms with Crippen molar-refractivity contribution in [1.29, 1.82) is 0 Å². The molecule has 1 aliphatic rings. The lowest BCUT2D eigenvalue weighted by molar-refractivity contribution is -0.138. The number of carbonyl (C=O) groups excluding carboxylic acids is 1. The number of carbonyl (C=O) groups is 1. The van der Waals surface area contributed by atoms with Gasteiger partial charge in [0, 0.05) is 22.1 Å². The minimum Gasteiger partial charge on any atom is -0.463 e. The molecule has 2 aromatic rings. The zero-order valence-electron chi connectivity index (χ0n) is 15.2. The highest BCUT2D eigenvalue weighted by Gasteiger charge is 2.33. The molecule has 1 aromatic carbocycles. The van der Waals surface area contributed by atoms with E-state index in [0.717, 1.165) is 5.69 Å². The number of ether oxygens (including phenoxy) is 1. The Morgan fingerprint density at radius 3 is 2.81 bits per heavy atom. The molecule has 1 N–H and O–H groups in total. The predicted molar refractivity (Wildman–Crippen MR) is 108 cm³/mol. The van der Waals surface area contributed by atoms with E-state index in [4.69, 9.17) is 9.73 Å². The Balaban J connectivity index is 2.17. The normalized spacial score (nSPS) is 16.8. The number of nitrogens with zero attached hydrogens (tertiary/aromatic N) is 2. The summed E-state index contributed by atoms with van der Waals surface area (Å²) in [5.74, 6) is -0.244. The lowest BCUT2D eigenvalue weighted by Crippen LogP contribution is -2.34. The van der Waals surface area contributed by atoms with Gasteiger partial charge in [0.1, 0.15) is 11.9 Å². The number of hydrogen-bond donors (Lipinski definition) is 1. The molecule has 8 heteroatoms. The Bertz CT molecular complexity index is 939. The number of rotatable bonds is 5. The molecule has 1 atom stereocenters. The molecule has 0 amide bonds. The van der Waals surface area contributed by atoms with Gasteiger partial charge in [-0.15, -0.1) is 11.3 Å². The average molecular weight is 452 g/mol. The van der Waals surface area contributed by atoms with Gasteiger partial charge >= 0.3 is 5.97 Å². The summed E-state index contributed by atoms with van der Waals surface area (Å²) in [6.45, 7) is 5.59. The van der Waals surface area contributed by atoms with E-state index in [0.29, 0.717) is 38.6 Å². The number of benzene rings is 1. The highest BCUT2D eigenvalue weighted by molar-refractivity contribution is 9.09. The first kappa shape index (κ1) is 19.7. The maximum Gasteiger partial charge on any atom is 0.338 e. The number of esters is 1. The van der Waals surface area contributed by atoms with Crippen LogP contribution in [0.3, 0.4) is 0 Å². The molecule has 0 aliphatic carbocycles. The predicted octanol–water partition coefficient (Wildman–Crippen LogP) is 4.20. The van der Waals surface area contributed by atoms with Crippen LogP contribution in [-0.4, -0.2) is 28.7 Å². The van der Waals surface area contributed by atoms with Crippen LogP contribution >= 0.6 is 27.3 Å². The molecule has 2 heterocycles. The summed E-state index contributed by atoms with van der Waals surface area (Å²) in [7, 11) is 0. The van der Waals surface area contributed by atoms with Gasteiger partial charge in [0.2, 0.25) is 0 Å². The summed E-state index contributed by atoms with van der Waals surface area (Å²) in [5.41, 5.74) is 2.99. The number of allylic oxidation sites excluding steroid dienone is 1. The van der Waals surface area contributed by atoms with Crippen LogP contribution in [0.15, 0.2) is 39.8 Å². The van der Waals surface area contributed by atoms with Gasteiger partial charge in [-0.3, -0.25) is 4.99 Å². The van der Waals surface area contributed by atoms with Crippen LogP contribution < -0.4 is 5.32 Å². The molecule has 5 nitrogen and oxygen atoms in total. The Kier molecular flexibility index (Phi) is 6.06. The second kappa shape index (κ2) is 8.31. The van der Waals surface area contributed by atoms with E-state index in [1.807, 2.05) is 12.3 Å². The number of thiazole rings is 1. The van der Waals surface area contributed by atoms with Crippen molar-refractivity contribution >= 4 is 39.1 Å². The summed E-state index contributed by atoms with van der Waals surface area (Å²) in [6, 6.07) is 4.13. The molecule has 0 bridgehead atoms. The zero-order valence-corrected chi connectivity index (χ0v) is 17.6. The van der Waals surface area contributed by atoms with Crippen molar-refractivity contribution in [3.05, 3.63) is 62.5 Å². The largest absolute Gasteiger partial charge is 0.463 e. The monoisotopic (exact) mass is 451 g/mol. The average Bonchev–Trinajstić information content (AvgIpc) is 3.09. The second-order valence-electron chi connectivity index (χ2n) is 6.00. The van der Waals surface area contributed by atoms with E-state index in [1.54, 1.807) is 26.0 Å². The summed E-state index contributed by atoms with van der Waals surface area (Å²) in [5, 5.41) is 6.24. The van der Waals surface area contributed by atoms with Gasteiger partial charge in [0.15, 0.2) is 10.8 Å². The summed E-state index contributed by atoms with van der Waals surface area (Å²) >= 11 is 4.90. The van der Waals surface area contributed by atoms with Crippen molar-refractivity contribution < 1.29 is 13.9 Å². The van der Waals surface area contributed by atoms with Crippen molar-refractivity contribution in [3.63, 3.8) is 0 Å². The molecule has 1 aliphatic heterocycles. The SMILES string of the molecule is CCOC(=O)C1=C(CBr)NC(c2nc(C)cs2)=N[C@H]1c1cccc(F)c1C. The molecule has 0 fully saturated rings. The molecule has 0 radical (unpaired) electrons. The quantitative estimate of drug-likeness (QED) is 0.546. The lowest BCUT2D eigenvalue weighted by atomic mass is 9.92. The first-order valence-electron chi connectivity index (χ1n) is 8.44. The van der Waals surface area contributed by atoms with Crippen LogP contribution in [0.2, 0.25) is 0 Å². The number of aliphatic imine (C=N–C) groups is 1. The van der Waals surface area contributed by atoms with Crippen LogP contribution in [0.1, 0.15) is 34.8 Å². The minimum absolute atomic E-state index is 0.245. The molecule has 0 unspecified atom stereocenters. The molecule has 3 rings (SSSR count). The first-order chi connectivity index (χ1) is 13.0. The number of aromatic nitrogens is 1. The molecule has 27 heavy (non-hydrogen) atoms. The van der Waals surface area contributed by atoms with Crippen LogP contribution in [0.25, 0.3) is 0 Å². The third-order valence-corrected chi connectivity index (χ3v) is 5.71. The number of alkyl halides is 1. The standard InChI is InChI=1S/C19H19BrFN3O2S/c1-4-26-19(25)15-14(8-20)23-17(18-22-10(2)9-27-18)24-16(15)12-6-5-7-13(21)11(12)3/h5-7,9,16H,4,8H2,1-3H3,(H,23,24)/t16-/m0/s1. The highest BCUT2D eigenvalue weighted by atomic mass is 79.9. The minimum atomic E-state index is -0.673. The van der Waals surface area contributed by atoms with Crippen LogP contribution in [0, 0.1) is 19.7 Å². The molecule has 0 saturated heterocycles. The molecular formula is C19H19BrFN3O2S. The first-order valence-corrected chi connectivity index (χ1v) is 10.4. The van der Waals surface area contributed by atoms with Gasteiger partial charge in [0.25, 0.3) is 0 Å². The highest BCUT2D eigenvalue weighted by Crippen LogP contribution is 2.35. The maximum atomic E-state index is 14.2. The Morgan fingerprint density at radius 1 is 1.41 bits per heavy atom. The van der Waals surface area contributed by atoms with Crippen molar-refractivity contribution in [2.45, 2.75) is 26.8 Å². The molecule has 0 saturated carbocycles. The van der Waals surface area contributed by atoms with Crippen molar-refractivity contribution in [1.82, 2.24) is 10.3 Å². The Morgan fingerprint density at radius 2 is 2.19 bits per heavy atom. The van der Waals surface area contributed by atoms with Gasteiger partial charge in [0.05, 0.1) is 12.2 Å². The number of amidine groups is 1. The van der Waals surface area contributed by atoms with Gasteiger partial charge in [-0.05, 0) is 38.0 Å². The summed E-state index contributed by atoms with van der Waals surface area (Å²) < 4.78 is 19.4. The fourth-order valence-electron chi connectivity index (χ4n) is 2.87. The Hall–Kier alpha value is -2.06. The van der Waals surface area contributed by atoms with Crippen molar-refractivity contribution in [3.8, 4) is 0 Å². The number of nitrogens with one attached hydrogen (secondary N) is 1. The smallest absolute Gasteiger partial charge is 0.338 e. The van der Waals surface area contributed by atoms with Crippen molar-refractivity contribution in [2.24, 2.45) is 4.99 Å². The fourth-order valence-corrected chi connectivity index (χ4v) is 4.06. The van der Waals surface area contributed by atoms with Gasteiger partial charge < -0.3 is 10.1 Å². The van der Waals surface area contributed by atoms with Crippen LogP contribution in [-0.2, 0) is 9.53 Å². The van der Waals surface area contributed by atoms with Crippen molar-refractivity contribution in [2.75, 3.05) is 11.9 Å². The topological polar surface area (TPSA) is 63.6 Å². The number of hydrogen-bond acceptors (Lipinski definition) is 6. The van der Waals surface area contributed by atoms with Gasteiger partial charge in [-0.2, -0.15) is 0 Å². The third kappa shape index (κ3) is 3.96. The molecule has 0 spiro atoms. The molecule has 142 valence electrons. The van der Waals surface area contributed by atoms with Crippen LogP contribution in [0.4, 0.5) is 4.39 Å². The van der Waals surface area contributed by atoms with E-state index >= 15 is 0 Å². The van der Waals surface area contributed by atoms with E-state index in [1.165, 1.54) is 17.4 Å². The molecule has 1 aromatic heterocycles.